The molecule has 0 aliphatic heterocycles. The van der Waals surface area contributed by atoms with Gasteiger partial charge in [-0.2, -0.15) is 0 Å². The Hall–Kier alpha value is -2.02. The number of carbonyl (C=O) groups excluding carboxylic acids is 2. The lowest BCUT2D eigenvalue weighted by Gasteiger charge is -2.30. The summed E-state index contributed by atoms with van der Waals surface area (Å²) in [6, 6.07) is 0. The van der Waals surface area contributed by atoms with Gasteiger partial charge in [-0.25, -0.2) is 9.59 Å². The molecule has 154 valence electrons. The Labute approximate surface area is 169 Å². The van der Waals surface area contributed by atoms with Crippen LogP contribution >= 0.6 is 0 Å². The first kappa shape index (κ1) is 22.3. The molecule has 2 aliphatic carbocycles. The Morgan fingerprint density at radius 3 is 1.25 bits per heavy atom. The van der Waals surface area contributed by atoms with Crippen LogP contribution in [-0.4, -0.2) is 23.1 Å². The van der Waals surface area contributed by atoms with Gasteiger partial charge in [0.15, 0.2) is 11.2 Å². The second-order valence-corrected chi connectivity index (χ2v) is 7.91. The zero-order valence-corrected chi connectivity index (χ0v) is 17.4. The van der Waals surface area contributed by atoms with Crippen LogP contribution in [0.3, 0.4) is 0 Å². The Morgan fingerprint density at radius 1 is 0.643 bits per heavy atom. The maximum Gasteiger partial charge on any atom is 0.331 e. The highest BCUT2D eigenvalue weighted by atomic mass is 16.6. The fourth-order valence-electron chi connectivity index (χ4n) is 4.06. The molecule has 2 fully saturated rings. The molecule has 0 aromatic rings. The first-order chi connectivity index (χ1) is 13.5. The molecule has 4 heteroatoms. The SMILES string of the molecule is C/C=C/C(=O)OC1(C#CC2(OC(=O)/C=C/C)CCCCCC2)CCCCCC1. The molecule has 0 spiro atoms. The molecule has 0 radical (unpaired) electrons. The highest BCUT2D eigenvalue weighted by Crippen LogP contribution is 2.34. The Kier molecular flexibility index (Phi) is 8.83. The molecule has 4 nitrogen and oxygen atoms in total. The van der Waals surface area contributed by atoms with Crippen molar-refractivity contribution in [3.05, 3.63) is 24.3 Å². The van der Waals surface area contributed by atoms with Gasteiger partial charge in [0.25, 0.3) is 0 Å². The van der Waals surface area contributed by atoms with E-state index >= 15 is 0 Å². The van der Waals surface area contributed by atoms with Crippen molar-refractivity contribution in [2.45, 2.75) is 102 Å². The van der Waals surface area contributed by atoms with E-state index in [1.165, 1.54) is 12.2 Å². The maximum atomic E-state index is 12.2. The lowest BCUT2D eigenvalue weighted by Crippen LogP contribution is -2.36. The van der Waals surface area contributed by atoms with E-state index in [0.717, 1.165) is 77.0 Å². The standard InChI is InChI=1S/C24H34O4/c1-3-13-21(25)27-23(15-9-5-6-10-16-23)19-20-24(28-22(26)14-4-2)17-11-7-8-12-18-24/h3-4,13-14H,5-12,15-18H2,1-2H3/b13-3+,14-4+. The Balaban J connectivity index is 2.34. The van der Waals surface area contributed by atoms with Gasteiger partial charge in [-0.05, 0) is 65.2 Å². The number of hydrogen-bond donors (Lipinski definition) is 0. The van der Waals surface area contributed by atoms with Gasteiger partial charge in [-0.15, -0.1) is 0 Å². The first-order valence-electron chi connectivity index (χ1n) is 10.8. The molecule has 0 saturated heterocycles. The van der Waals surface area contributed by atoms with Crippen LogP contribution in [0.15, 0.2) is 24.3 Å². The fourth-order valence-corrected chi connectivity index (χ4v) is 4.06. The van der Waals surface area contributed by atoms with Crippen LogP contribution in [-0.2, 0) is 19.1 Å². The second-order valence-electron chi connectivity index (χ2n) is 7.91. The third kappa shape index (κ3) is 6.86. The molecular weight excluding hydrogens is 352 g/mol. The van der Waals surface area contributed by atoms with Crippen molar-refractivity contribution in [2.24, 2.45) is 0 Å². The van der Waals surface area contributed by atoms with Crippen molar-refractivity contribution in [3.63, 3.8) is 0 Å². The number of ether oxygens (including phenoxy) is 2. The first-order valence-corrected chi connectivity index (χ1v) is 10.8. The summed E-state index contributed by atoms with van der Waals surface area (Å²) in [5, 5.41) is 0. The Bertz CT molecular complexity index is 577. The van der Waals surface area contributed by atoms with E-state index in [4.69, 9.17) is 9.47 Å². The molecule has 0 atom stereocenters. The molecule has 0 N–H and O–H groups in total. The Morgan fingerprint density at radius 2 is 0.964 bits per heavy atom. The molecule has 0 bridgehead atoms. The van der Waals surface area contributed by atoms with Gasteiger partial charge in [-0.3, -0.25) is 0 Å². The van der Waals surface area contributed by atoms with Gasteiger partial charge in [0.2, 0.25) is 0 Å². The molecule has 2 aliphatic rings. The normalized spacial score (nSPS) is 21.9. The molecule has 28 heavy (non-hydrogen) atoms. The van der Waals surface area contributed by atoms with Crippen LogP contribution in [0.4, 0.5) is 0 Å². The van der Waals surface area contributed by atoms with Crippen LogP contribution in [0.5, 0.6) is 0 Å². The molecular formula is C24H34O4. The van der Waals surface area contributed by atoms with Gasteiger partial charge in [0, 0.05) is 12.2 Å². The summed E-state index contributed by atoms with van der Waals surface area (Å²) in [6.07, 6.45) is 17.7. The predicted octanol–water partition coefficient (Wildman–Crippen LogP) is 5.41. The zero-order valence-electron chi connectivity index (χ0n) is 17.4. The highest BCUT2D eigenvalue weighted by Gasteiger charge is 2.36. The van der Waals surface area contributed by atoms with Crippen molar-refractivity contribution in [1.29, 1.82) is 0 Å². The summed E-state index contributed by atoms with van der Waals surface area (Å²) in [6.45, 7) is 3.60. The van der Waals surface area contributed by atoms with Crippen molar-refractivity contribution in [3.8, 4) is 11.8 Å². The maximum absolute atomic E-state index is 12.2. The van der Waals surface area contributed by atoms with E-state index in [1.54, 1.807) is 26.0 Å². The molecule has 0 aromatic carbocycles. The van der Waals surface area contributed by atoms with Crippen LogP contribution in [0, 0.1) is 11.8 Å². The summed E-state index contributed by atoms with van der Waals surface area (Å²) in [5.74, 6) is 5.95. The lowest BCUT2D eigenvalue weighted by atomic mass is 9.90. The van der Waals surface area contributed by atoms with E-state index in [-0.39, 0.29) is 11.9 Å². The van der Waals surface area contributed by atoms with Crippen LogP contribution < -0.4 is 0 Å². The average Bonchev–Trinajstić information content (AvgIpc) is 3.02. The summed E-state index contributed by atoms with van der Waals surface area (Å²) >= 11 is 0. The van der Waals surface area contributed by atoms with E-state index < -0.39 is 11.2 Å². The third-order valence-corrected chi connectivity index (χ3v) is 5.54. The summed E-state index contributed by atoms with van der Waals surface area (Å²) in [4.78, 5) is 24.4. The zero-order chi connectivity index (χ0) is 20.3. The smallest absolute Gasteiger partial charge is 0.331 e. The number of rotatable bonds is 4. The van der Waals surface area contributed by atoms with Gasteiger partial charge >= 0.3 is 11.9 Å². The third-order valence-electron chi connectivity index (χ3n) is 5.54. The molecule has 2 rings (SSSR count). The summed E-state index contributed by atoms with van der Waals surface area (Å²) < 4.78 is 11.7. The number of carbonyl (C=O) groups is 2. The minimum absolute atomic E-state index is 0.348. The monoisotopic (exact) mass is 386 g/mol. The summed E-state index contributed by atoms with van der Waals surface area (Å²) in [5.41, 5.74) is -1.56. The van der Waals surface area contributed by atoms with Crippen LogP contribution in [0.1, 0.15) is 90.9 Å². The van der Waals surface area contributed by atoms with Crippen molar-refractivity contribution in [1.82, 2.24) is 0 Å². The molecule has 0 amide bonds. The van der Waals surface area contributed by atoms with Crippen molar-refractivity contribution >= 4 is 11.9 Å². The van der Waals surface area contributed by atoms with Crippen molar-refractivity contribution < 1.29 is 19.1 Å². The van der Waals surface area contributed by atoms with E-state index in [2.05, 4.69) is 11.8 Å². The number of esters is 2. The van der Waals surface area contributed by atoms with Gasteiger partial charge in [-0.1, -0.05) is 49.7 Å². The number of allylic oxidation sites excluding steroid dienone is 2. The van der Waals surface area contributed by atoms with E-state index in [0.29, 0.717) is 0 Å². The predicted molar refractivity (Wildman–Crippen MR) is 110 cm³/mol. The van der Waals surface area contributed by atoms with Gasteiger partial charge in [0.1, 0.15) is 0 Å². The molecule has 2 saturated carbocycles. The van der Waals surface area contributed by atoms with Gasteiger partial charge < -0.3 is 9.47 Å². The van der Waals surface area contributed by atoms with Crippen LogP contribution in [0.25, 0.3) is 0 Å². The largest absolute Gasteiger partial charge is 0.443 e. The highest BCUT2D eigenvalue weighted by molar-refractivity contribution is 5.83. The van der Waals surface area contributed by atoms with Crippen LogP contribution in [0.2, 0.25) is 0 Å². The topological polar surface area (TPSA) is 52.6 Å². The minimum Gasteiger partial charge on any atom is -0.443 e. The van der Waals surface area contributed by atoms with E-state index in [1.807, 2.05) is 0 Å². The molecule has 0 unspecified atom stereocenters. The minimum atomic E-state index is -0.778. The summed E-state index contributed by atoms with van der Waals surface area (Å²) in [7, 11) is 0. The quantitative estimate of drug-likeness (QED) is 0.280. The number of hydrogen-bond acceptors (Lipinski definition) is 4. The average molecular weight is 387 g/mol. The van der Waals surface area contributed by atoms with E-state index in [9.17, 15) is 9.59 Å². The molecule has 0 heterocycles. The lowest BCUT2D eigenvalue weighted by molar-refractivity contribution is -0.151. The second kappa shape index (κ2) is 11.1. The molecule has 0 aromatic heterocycles. The van der Waals surface area contributed by atoms with Crippen molar-refractivity contribution in [2.75, 3.05) is 0 Å². The van der Waals surface area contributed by atoms with Gasteiger partial charge in [0.05, 0.1) is 0 Å². The fraction of sp³-hybridized carbons (Fsp3) is 0.667.